The van der Waals surface area contributed by atoms with Crippen LogP contribution in [0, 0.1) is 11.3 Å². The molecule has 0 atom stereocenters. The Morgan fingerprint density at radius 1 is 1.41 bits per heavy atom. The molecule has 0 fully saturated rings. The van der Waals surface area contributed by atoms with Gasteiger partial charge in [0.05, 0.1) is 29.9 Å². The zero-order valence-electron chi connectivity index (χ0n) is 9.05. The van der Waals surface area contributed by atoms with E-state index >= 15 is 0 Å². The molecule has 17 heavy (non-hydrogen) atoms. The average Bonchev–Trinajstić information content (AvgIpc) is 2.25. The molecule has 0 aliphatic heterocycles. The first-order valence-corrected chi connectivity index (χ1v) is 4.52. The Morgan fingerprint density at radius 2 is 2.00 bits per heavy atom. The van der Waals surface area contributed by atoms with Gasteiger partial charge in [-0.15, -0.1) is 0 Å². The van der Waals surface area contributed by atoms with Gasteiger partial charge in [0.25, 0.3) is 0 Å². The number of hydrogen-bond acceptors (Lipinski definition) is 3. The van der Waals surface area contributed by atoms with Gasteiger partial charge in [-0.2, -0.15) is 18.4 Å². The number of ether oxygens (including phenoxy) is 1. The fraction of sp³-hybridized carbons (Fsp3) is 0.273. The Bertz CT molecular complexity index is 501. The van der Waals surface area contributed by atoms with Gasteiger partial charge in [-0.1, -0.05) is 0 Å². The van der Waals surface area contributed by atoms with Crippen molar-refractivity contribution in [3.8, 4) is 11.8 Å². The van der Waals surface area contributed by atoms with Crippen LogP contribution in [0.4, 0.5) is 13.2 Å². The monoisotopic (exact) mass is 243 g/mol. The van der Waals surface area contributed by atoms with Gasteiger partial charge in [-0.05, 0) is 19.1 Å². The van der Waals surface area contributed by atoms with Gasteiger partial charge in [0.15, 0.2) is 5.78 Å². The SMILES string of the molecule is COc1ccc(C#N)c(C(F)(F)F)c1C(C)=O. The first kappa shape index (κ1) is 13.0. The molecule has 0 radical (unpaired) electrons. The molecule has 0 aromatic heterocycles. The van der Waals surface area contributed by atoms with Crippen molar-refractivity contribution in [3.05, 3.63) is 28.8 Å². The Labute approximate surface area is 95.4 Å². The second-order valence-electron chi connectivity index (χ2n) is 3.23. The van der Waals surface area contributed by atoms with E-state index in [9.17, 15) is 18.0 Å². The minimum atomic E-state index is -4.78. The molecule has 0 unspecified atom stereocenters. The summed E-state index contributed by atoms with van der Waals surface area (Å²) in [7, 11) is 1.16. The van der Waals surface area contributed by atoms with E-state index in [1.807, 2.05) is 0 Å². The van der Waals surface area contributed by atoms with Crippen molar-refractivity contribution in [2.24, 2.45) is 0 Å². The average molecular weight is 243 g/mol. The van der Waals surface area contributed by atoms with Gasteiger partial charge in [0.2, 0.25) is 0 Å². The molecule has 90 valence electrons. The van der Waals surface area contributed by atoms with E-state index in [4.69, 9.17) is 10.00 Å². The van der Waals surface area contributed by atoms with E-state index in [0.29, 0.717) is 0 Å². The third-order valence-corrected chi connectivity index (χ3v) is 2.14. The van der Waals surface area contributed by atoms with E-state index in [1.165, 1.54) is 12.1 Å². The molecule has 0 saturated heterocycles. The zero-order valence-corrected chi connectivity index (χ0v) is 9.05. The smallest absolute Gasteiger partial charge is 0.418 e. The lowest BCUT2D eigenvalue weighted by Gasteiger charge is -2.15. The second kappa shape index (κ2) is 4.45. The van der Waals surface area contributed by atoms with Crippen LogP contribution in [-0.4, -0.2) is 12.9 Å². The number of nitrogens with zero attached hydrogens (tertiary/aromatic N) is 1. The van der Waals surface area contributed by atoms with Crippen LogP contribution >= 0.6 is 0 Å². The summed E-state index contributed by atoms with van der Waals surface area (Å²) >= 11 is 0. The zero-order chi connectivity index (χ0) is 13.2. The number of benzene rings is 1. The molecule has 1 aromatic rings. The van der Waals surface area contributed by atoms with Crippen LogP contribution in [0.2, 0.25) is 0 Å². The standard InChI is InChI=1S/C11H8F3NO2/c1-6(16)9-8(17-2)4-3-7(5-15)10(9)11(12,13)14/h3-4H,1-2H3. The number of nitriles is 1. The molecule has 0 aliphatic carbocycles. The van der Waals surface area contributed by atoms with Crippen molar-refractivity contribution in [1.29, 1.82) is 5.26 Å². The lowest BCUT2D eigenvalue weighted by molar-refractivity contribution is -0.138. The molecule has 0 bridgehead atoms. The maximum Gasteiger partial charge on any atom is 0.418 e. The summed E-state index contributed by atoms with van der Waals surface area (Å²) in [4.78, 5) is 11.3. The number of alkyl halides is 3. The minimum absolute atomic E-state index is 0.191. The van der Waals surface area contributed by atoms with Crippen LogP contribution in [0.15, 0.2) is 12.1 Å². The molecule has 1 rings (SSSR count). The van der Waals surface area contributed by atoms with E-state index in [2.05, 4.69) is 0 Å². The van der Waals surface area contributed by atoms with Crippen molar-refractivity contribution in [1.82, 2.24) is 0 Å². The van der Waals surface area contributed by atoms with E-state index in [0.717, 1.165) is 20.1 Å². The molecule has 0 N–H and O–H groups in total. The van der Waals surface area contributed by atoms with E-state index < -0.39 is 28.6 Å². The fourth-order valence-electron chi connectivity index (χ4n) is 1.49. The van der Waals surface area contributed by atoms with Crippen LogP contribution in [0.3, 0.4) is 0 Å². The topological polar surface area (TPSA) is 50.1 Å². The van der Waals surface area contributed by atoms with Gasteiger partial charge < -0.3 is 4.74 Å². The third kappa shape index (κ3) is 2.38. The summed E-state index contributed by atoms with van der Waals surface area (Å²) in [6.07, 6.45) is -4.78. The van der Waals surface area contributed by atoms with Crippen LogP contribution in [0.5, 0.6) is 5.75 Å². The van der Waals surface area contributed by atoms with Crippen LogP contribution in [-0.2, 0) is 6.18 Å². The summed E-state index contributed by atoms with van der Waals surface area (Å²) in [5, 5.41) is 8.65. The summed E-state index contributed by atoms with van der Waals surface area (Å²) < 4.78 is 43.2. The van der Waals surface area contributed by atoms with Gasteiger partial charge in [-0.3, -0.25) is 4.79 Å². The quantitative estimate of drug-likeness (QED) is 0.750. The number of carbonyl (C=O) groups is 1. The summed E-state index contributed by atoms with van der Waals surface area (Å²) in [6.45, 7) is 0.994. The number of ketones is 1. The summed E-state index contributed by atoms with van der Waals surface area (Å²) in [5.74, 6) is -0.991. The Kier molecular flexibility index (Phi) is 3.42. The maximum atomic E-state index is 12.8. The predicted molar refractivity (Wildman–Crippen MR) is 52.7 cm³/mol. The number of carbonyl (C=O) groups excluding carboxylic acids is 1. The third-order valence-electron chi connectivity index (χ3n) is 2.14. The molecule has 0 amide bonds. The molecule has 0 aliphatic rings. The molecule has 0 heterocycles. The highest BCUT2D eigenvalue weighted by Gasteiger charge is 2.39. The summed E-state index contributed by atoms with van der Waals surface area (Å²) in [6, 6.07) is 3.57. The van der Waals surface area contributed by atoms with Crippen molar-refractivity contribution in [3.63, 3.8) is 0 Å². The lowest BCUT2D eigenvalue weighted by Crippen LogP contribution is -2.15. The number of halogens is 3. The first-order chi connectivity index (χ1) is 7.82. The van der Waals surface area contributed by atoms with Crippen LogP contribution in [0.1, 0.15) is 28.4 Å². The largest absolute Gasteiger partial charge is 0.496 e. The normalized spacial score (nSPS) is 10.8. The highest BCUT2D eigenvalue weighted by atomic mass is 19.4. The van der Waals surface area contributed by atoms with E-state index in [1.54, 1.807) is 0 Å². The van der Waals surface area contributed by atoms with Crippen molar-refractivity contribution < 1.29 is 22.7 Å². The number of rotatable bonds is 2. The van der Waals surface area contributed by atoms with Gasteiger partial charge in [0, 0.05) is 0 Å². The van der Waals surface area contributed by atoms with Crippen molar-refractivity contribution >= 4 is 5.78 Å². The molecular formula is C11H8F3NO2. The van der Waals surface area contributed by atoms with Crippen molar-refractivity contribution in [2.75, 3.05) is 7.11 Å². The maximum absolute atomic E-state index is 12.8. The van der Waals surface area contributed by atoms with Gasteiger partial charge in [-0.25, -0.2) is 0 Å². The lowest BCUT2D eigenvalue weighted by atomic mass is 9.97. The van der Waals surface area contributed by atoms with Crippen LogP contribution < -0.4 is 4.74 Å². The molecule has 0 saturated carbocycles. The number of hydrogen-bond donors (Lipinski definition) is 0. The minimum Gasteiger partial charge on any atom is -0.496 e. The highest BCUT2D eigenvalue weighted by Crippen LogP contribution is 2.38. The van der Waals surface area contributed by atoms with E-state index in [-0.39, 0.29) is 5.75 Å². The second-order valence-corrected chi connectivity index (χ2v) is 3.23. The highest BCUT2D eigenvalue weighted by molar-refractivity contribution is 5.99. The predicted octanol–water partition coefficient (Wildman–Crippen LogP) is 2.79. The Morgan fingerprint density at radius 3 is 2.35 bits per heavy atom. The van der Waals surface area contributed by atoms with Crippen molar-refractivity contribution in [2.45, 2.75) is 13.1 Å². The number of Topliss-reactive ketones (excluding diaryl/α,β-unsaturated/α-hetero) is 1. The Hall–Kier alpha value is -2.03. The van der Waals surface area contributed by atoms with Crippen LogP contribution in [0.25, 0.3) is 0 Å². The molecule has 0 spiro atoms. The molecular weight excluding hydrogens is 235 g/mol. The van der Waals surface area contributed by atoms with Gasteiger partial charge >= 0.3 is 6.18 Å². The molecule has 3 nitrogen and oxygen atoms in total. The van der Waals surface area contributed by atoms with Gasteiger partial charge in [0.1, 0.15) is 5.75 Å². The number of methoxy groups -OCH3 is 1. The fourth-order valence-corrected chi connectivity index (χ4v) is 1.49. The summed E-state index contributed by atoms with van der Waals surface area (Å²) in [5.41, 5.74) is -2.45. The molecule has 1 aromatic carbocycles. The first-order valence-electron chi connectivity index (χ1n) is 4.52. The Balaban J connectivity index is 3.73. The molecule has 6 heteroatoms.